The predicted molar refractivity (Wildman–Crippen MR) is 69.9 cm³/mol. The molecule has 7 heteroatoms. The summed E-state index contributed by atoms with van der Waals surface area (Å²) in [5.74, 6) is 1.43. The lowest BCUT2D eigenvalue weighted by Gasteiger charge is -2.17. The Morgan fingerprint density at radius 2 is 2.33 bits per heavy atom. The normalized spacial score (nSPS) is 20.3. The second-order valence-electron chi connectivity index (χ2n) is 4.56. The molecule has 0 radical (unpaired) electrons. The summed E-state index contributed by atoms with van der Waals surface area (Å²) in [5.41, 5.74) is 0. The SMILES string of the molecule is CNCC1CCN(c2ccc(S(N)(=O)=O)cn2)C1. The Morgan fingerprint density at radius 3 is 2.89 bits per heavy atom. The highest BCUT2D eigenvalue weighted by atomic mass is 32.2. The molecule has 100 valence electrons. The molecule has 1 unspecified atom stereocenters. The van der Waals surface area contributed by atoms with Crippen LogP contribution in [-0.2, 0) is 10.0 Å². The number of nitrogens with one attached hydrogen (secondary N) is 1. The number of anilines is 1. The van der Waals surface area contributed by atoms with Crippen LogP contribution in [-0.4, -0.2) is 40.1 Å². The van der Waals surface area contributed by atoms with Gasteiger partial charge in [0.15, 0.2) is 0 Å². The van der Waals surface area contributed by atoms with Gasteiger partial charge >= 0.3 is 0 Å². The van der Waals surface area contributed by atoms with E-state index in [1.54, 1.807) is 6.07 Å². The lowest BCUT2D eigenvalue weighted by Crippen LogP contribution is -2.25. The summed E-state index contributed by atoms with van der Waals surface area (Å²) < 4.78 is 22.2. The van der Waals surface area contributed by atoms with E-state index >= 15 is 0 Å². The number of rotatable bonds is 4. The van der Waals surface area contributed by atoms with Gasteiger partial charge in [-0.2, -0.15) is 0 Å². The molecule has 0 bridgehead atoms. The monoisotopic (exact) mass is 270 g/mol. The van der Waals surface area contributed by atoms with Gasteiger partial charge in [0.25, 0.3) is 0 Å². The van der Waals surface area contributed by atoms with Gasteiger partial charge in [0.1, 0.15) is 10.7 Å². The highest BCUT2D eigenvalue weighted by Gasteiger charge is 2.23. The molecule has 3 N–H and O–H groups in total. The van der Waals surface area contributed by atoms with Crippen molar-refractivity contribution < 1.29 is 8.42 Å². The molecule has 1 saturated heterocycles. The van der Waals surface area contributed by atoms with E-state index < -0.39 is 10.0 Å². The first-order valence-electron chi connectivity index (χ1n) is 5.89. The van der Waals surface area contributed by atoms with E-state index in [0.717, 1.165) is 31.9 Å². The average Bonchev–Trinajstić information content (AvgIpc) is 2.77. The zero-order valence-electron chi connectivity index (χ0n) is 10.3. The molecule has 1 aromatic heterocycles. The van der Waals surface area contributed by atoms with E-state index in [1.807, 2.05) is 7.05 Å². The Kier molecular flexibility index (Phi) is 3.84. The quantitative estimate of drug-likeness (QED) is 0.789. The minimum absolute atomic E-state index is 0.0530. The zero-order valence-corrected chi connectivity index (χ0v) is 11.2. The third-order valence-electron chi connectivity index (χ3n) is 3.15. The second-order valence-corrected chi connectivity index (χ2v) is 6.12. The molecule has 1 aliphatic heterocycles. The van der Waals surface area contributed by atoms with Crippen molar-refractivity contribution in [3.63, 3.8) is 0 Å². The fraction of sp³-hybridized carbons (Fsp3) is 0.545. The van der Waals surface area contributed by atoms with Crippen molar-refractivity contribution in [1.29, 1.82) is 0 Å². The molecule has 1 aliphatic rings. The maximum absolute atomic E-state index is 11.1. The summed E-state index contributed by atoms with van der Waals surface area (Å²) in [6.07, 6.45) is 2.44. The van der Waals surface area contributed by atoms with E-state index in [1.165, 1.54) is 12.3 Å². The minimum atomic E-state index is -3.65. The molecule has 0 amide bonds. The van der Waals surface area contributed by atoms with E-state index in [9.17, 15) is 8.42 Å². The molecule has 6 nitrogen and oxygen atoms in total. The van der Waals surface area contributed by atoms with Crippen LogP contribution in [0.25, 0.3) is 0 Å². The molecule has 0 saturated carbocycles. The number of nitrogens with zero attached hydrogens (tertiary/aromatic N) is 2. The van der Waals surface area contributed by atoms with Crippen molar-refractivity contribution in [2.24, 2.45) is 11.1 Å². The van der Waals surface area contributed by atoms with Crippen molar-refractivity contribution in [2.45, 2.75) is 11.3 Å². The zero-order chi connectivity index (χ0) is 13.2. The fourth-order valence-corrected chi connectivity index (χ4v) is 2.68. The maximum atomic E-state index is 11.1. The Labute approximate surface area is 107 Å². The van der Waals surface area contributed by atoms with Crippen molar-refractivity contribution in [1.82, 2.24) is 10.3 Å². The average molecular weight is 270 g/mol. The number of nitrogens with two attached hydrogens (primary N) is 1. The summed E-state index contributed by atoms with van der Waals surface area (Å²) in [6.45, 7) is 2.89. The lowest BCUT2D eigenvalue weighted by molar-refractivity contribution is 0.549. The summed E-state index contributed by atoms with van der Waals surface area (Å²) in [6, 6.07) is 3.21. The van der Waals surface area contributed by atoms with Crippen LogP contribution < -0.4 is 15.4 Å². The van der Waals surface area contributed by atoms with Crippen LogP contribution in [0.15, 0.2) is 23.2 Å². The summed E-state index contributed by atoms with van der Waals surface area (Å²) in [7, 11) is -1.71. The van der Waals surface area contributed by atoms with Gasteiger partial charge in [0.05, 0.1) is 0 Å². The first kappa shape index (κ1) is 13.3. The topological polar surface area (TPSA) is 88.3 Å². The van der Waals surface area contributed by atoms with Gasteiger partial charge in [0, 0.05) is 19.3 Å². The molecule has 1 aromatic rings. The molecule has 0 aliphatic carbocycles. The number of hydrogen-bond donors (Lipinski definition) is 2. The van der Waals surface area contributed by atoms with Crippen LogP contribution in [0.2, 0.25) is 0 Å². The smallest absolute Gasteiger partial charge is 0.239 e. The van der Waals surface area contributed by atoms with Gasteiger partial charge in [-0.1, -0.05) is 0 Å². The number of pyridine rings is 1. The summed E-state index contributed by atoms with van der Waals surface area (Å²) in [4.78, 5) is 6.38. The van der Waals surface area contributed by atoms with Gasteiger partial charge < -0.3 is 10.2 Å². The summed E-state index contributed by atoms with van der Waals surface area (Å²) >= 11 is 0. The van der Waals surface area contributed by atoms with Gasteiger partial charge in [-0.25, -0.2) is 18.5 Å². The second kappa shape index (κ2) is 5.21. The highest BCUT2D eigenvalue weighted by Crippen LogP contribution is 2.22. The van der Waals surface area contributed by atoms with Crippen LogP contribution in [0, 0.1) is 5.92 Å². The predicted octanol–water partition coefficient (Wildman–Crippen LogP) is -0.225. The largest absolute Gasteiger partial charge is 0.356 e. The standard InChI is InChI=1S/C11H18N4O2S/c1-13-6-9-4-5-15(8-9)11-3-2-10(7-14-11)18(12,16)17/h2-3,7,9,13H,4-6,8H2,1H3,(H2,12,16,17). The molecule has 0 aromatic carbocycles. The van der Waals surface area contributed by atoms with Crippen molar-refractivity contribution in [3.8, 4) is 0 Å². The molecular formula is C11H18N4O2S. The van der Waals surface area contributed by atoms with Crippen LogP contribution >= 0.6 is 0 Å². The van der Waals surface area contributed by atoms with Crippen LogP contribution in [0.3, 0.4) is 0 Å². The first-order chi connectivity index (χ1) is 8.50. The Hall–Kier alpha value is -1.18. The molecule has 1 fully saturated rings. The number of primary sulfonamides is 1. The first-order valence-corrected chi connectivity index (χ1v) is 7.44. The van der Waals surface area contributed by atoms with Crippen molar-refractivity contribution >= 4 is 15.8 Å². The molecule has 0 spiro atoms. The molecular weight excluding hydrogens is 252 g/mol. The third kappa shape index (κ3) is 2.98. The van der Waals surface area contributed by atoms with Gasteiger partial charge in [0.2, 0.25) is 10.0 Å². The van der Waals surface area contributed by atoms with Crippen molar-refractivity contribution in [2.75, 3.05) is 31.6 Å². The van der Waals surface area contributed by atoms with Gasteiger partial charge in [-0.15, -0.1) is 0 Å². The van der Waals surface area contributed by atoms with Crippen LogP contribution in [0.1, 0.15) is 6.42 Å². The molecule has 2 heterocycles. The molecule has 2 rings (SSSR count). The van der Waals surface area contributed by atoms with E-state index in [0.29, 0.717) is 5.92 Å². The Balaban J connectivity index is 2.07. The van der Waals surface area contributed by atoms with Crippen molar-refractivity contribution in [3.05, 3.63) is 18.3 Å². The van der Waals surface area contributed by atoms with Crippen LogP contribution in [0.5, 0.6) is 0 Å². The maximum Gasteiger partial charge on any atom is 0.239 e. The molecule has 1 atom stereocenters. The highest BCUT2D eigenvalue weighted by molar-refractivity contribution is 7.89. The fourth-order valence-electron chi connectivity index (χ4n) is 2.22. The van der Waals surface area contributed by atoms with Gasteiger partial charge in [-0.05, 0) is 38.1 Å². The van der Waals surface area contributed by atoms with E-state index in [2.05, 4.69) is 15.2 Å². The molecule has 18 heavy (non-hydrogen) atoms. The third-order valence-corrected chi connectivity index (χ3v) is 4.05. The van der Waals surface area contributed by atoms with Crippen LogP contribution in [0.4, 0.5) is 5.82 Å². The van der Waals surface area contributed by atoms with E-state index in [-0.39, 0.29) is 4.90 Å². The number of aromatic nitrogens is 1. The lowest BCUT2D eigenvalue weighted by atomic mass is 10.1. The number of sulfonamides is 1. The Morgan fingerprint density at radius 1 is 1.56 bits per heavy atom. The van der Waals surface area contributed by atoms with E-state index in [4.69, 9.17) is 5.14 Å². The minimum Gasteiger partial charge on any atom is -0.356 e. The number of hydrogen-bond acceptors (Lipinski definition) is 5. The summed E-state index contributed by atoms with van der Waals surface area (Å²) in [5, 5.41) is 8.20. The Bertz CT molecular complexity index is 500. The van der Waals surface area contributed by atoms with Gasteiger partial charge in [-0.3, -0.25) is 0 Å².